The molecule has 0 spiro atoms. The van der Waals surface area contributed by atoms with Gasteiger partial charge in [-0.2, -0.15) is 4.98 Å². The molecule has 0 bridgehead atoms. The Morgan fingerprint density at radius 3 is 2.75 bits per heavy atom. The van der Waals surface area contributed by atoms with E-state index < -0.39 is 0 Å². The van der Waals surface area contributed by atoms with E-state index in [1.54, 1.807) is 6.33 Å². The van der Waals surface area contributed by atoms with Crippen LogP contribution in [0.4, 0.5) is 5.95 Å². The van der Waals surface area contributed by atoms with Gasteiger partial charge in [0.1, 0.15) is 0 Å². The molecule has 3 aromatic rings. The van der Waals surface area contributed by atoms with Crippen molar-refractivity contribution in [2.75, 3.05) is 18.0 Å². The minimum absolute atomic E-state index is 0.134. The fraction of sp³-hybridized carbons (Fsp3) is 0.214. The lowest BCUT2D eigenvalue weighted by Gasteiger charge is -2.04. The summed E-state index contributed by atoms with van der Waals surface area (Å²) in [6.45, 7) is 2.50. The highest BCUT2D eigenvalue weighted by Crippen LogP contribution is 2.16. The van der Waals surface area contributed by atoms with Crippen molar-refractivity contribution < 1.29 is 0 Å². The summed E-state index contributed by atoms with van der Waals surface area (Å²) < 4.78 is 1.84. The number of nitrogens with zero attached hydrogens (tertiary/aromatic N) is 4. The van der Waals surface area contributed by atoms with Gasteiger partial charge in [0, 0.05) is 19.6 Å². The van der Waals surface area contributed by atoms with Crippen LogP contribution in [0.5, 0.6) is 0 Å². The van der Waals surface area contributed by atoms with Crippen molar-refractivity contribution in [1.29, 1.82) is 0 Å². The first-order chi connectivity index (χ1) is 9.81. The molecule has 0 atom stereocenters. The first-order valence-corrected chi connectivity index (χ1v) is 6.55. The van der Waals surface area contributed by atoms with Gasteiger partial charge in [0.05, 0.1) is 6.33 Å². The highest BCUT2D eigenvalue weighted by Gasteiger charge is 2.22. The maximum Gasteiger partial charge on any atom is 0.278 e. The van der Waals surface area contributed by atoms with E-state index in [2.05, 4.69) is 15.0 Å². The molecule has 6 heteroatoms. The molecule has 4 rings (SSSR count). The predicted octanol–water partition coefficient (Wildman–Crippen LogP) is 0.988. The fourth-order valence-electron chi connectivity index (χ4n) is 2.29. The van der Waals surface area contributed by atoms with Crippen molar-refractivity contribution in [3.8, 4) is 0 Å². The van der Waals surface area contributed by atoms with Crippen LogP contribution in [-0.4, -0.2) is 32.6 Å². The van der Waals surface area contributed by atoms with Gasteiger partial charge in [-0.05, 0) is 5.56 Å². The van der Waals surface area contributed by atoms with Crippen LogP contribution in [0.25, 0.3) is 11.2 Å². The average molecular weight is 267 g/mol. The summed E-state index contributed by atoms with van der Waals surface area (Å²) >= 11 is 0. The Bertz CT molecular complexity index is 816. The Morgan fingerprint density at radius 1 is 1.20 bits per heavy atom. The highest BCUT2D eigenvalue weighted by atomic mass is 16.1. The molecule has 1 aromatic carbocycles. The van der Waals surface area contributed by atoms with Crippen LogP contribution in [0.2, 0.25) is 0 Å². The van der Waals surface area contributed by atoms with E-state index in [-0.39, 0.29) is 5.56 Å². The van der Waals surface area contributed by atoms with E-state index >= 15 is 0 Å². The third kappa shape index (κ3) is 1.85. The van der Waals surface area contributed by atoms with E-state index in [4.69, 9.17) is 0 Å². The van der Waals surface area contributed by atoms with Crippen molar-refractivity contribution in [3.63, 3.8) is 0 Å². The minimum Gasteiger partial charge on any atom is -0.339 e. The van der Waals surface area contributed by atoms with Crippen LogP contribution < -0.4 is 10.5 Å². The van der Waals surface area contributed by atoms with E-state index in [0.29, 0.717) is 23.7 Å². The van der Waals surface area contributed by atoms with Crippen molar-refractivity contribution >= 4 is 17.1 Å². The maximum atomic E-state index is 12.2. The molecule has 2 aromatic heterocycles. The number of aromatic nitrogens is 4. The number of hydrogen-bond acceptors (Lipinski definition) is 4. The molecule has 1 fully saturated rings. The molecule has 1 aliphatic rings. The third-order valence-electron chi connectivity index (χ3n) is 3.41. The summed E-state index contributed by atoms with van der Waals surface area (Å²) in [4.78, 5) is 25.7. The van der Waals surface area contributed by atoms with Gasteiger partial charge < -0.3 is 9.47 Å². The molecule has 0 amide bonds. The lowest BCUT2D eigenvalue weighted by molar-refractivity contribution is 0.819. The van der Waals surface area contributed by atoms with Crippen molar-refractivity contribution in [2.45, 2.75) is 6.54 Å². The standard InChI is InChI=1S/C14H13N5O/c20-13-11-12(16-14(17-13)18-6-7-18)15-9-19(11)8-10-4-2-1-3-5-10/h1-5,9H,6-8H2,(H,16,17,20). The monoisotopic (exact) mass is 267 g/mol. The largest absolute Gasteiger partial charge is 0.339 e. The molecule has 1 saturated heterocycles. The summed E-state index contributed by atoms with van der Waals surface area (Å²) in [5, 5.41) is 0. The summed E-state index contributed by atoms with van der Waals surface area (Å²) in [6.07, 6.45) is 1.67. The van der Waals surface area contributed by atoms with Gasteiger partial charge in [-0.25, -0.2) is 4.98 Å². The molecule has 3 heterocycles. The molecule has 0 saturated carbocycles. The molecule has 20 heavy (non-hydrogen) atoms. The van der Waals surface area contributed by atoms with E-state index in [9.17, 15) is 4.79 Å². The molecule has 1 N–H and O–H groups in total. The summed E-state index contributed by atoms with van der Waals surface area (Å²) in [6, 6.07) is 9.99. The second kappa shape index (κ2) is 4.19. The second-order valence-corrected chi connectivity index (χ2v) is 4.91. The first kappa shape index (κ1) is 11.2. The Morgan fingerprint density at radius 2 is 2.00 bits per heavy atom. The summed E-state index contributed by atoms with van der Waals surface area (Å²) in [5.41, 5.74) is 2.03. The zero-order chi connectivity index (χ0) is 13.5. The van der Waals surface area contributed by atoms with Gasteiger partial charge in [0.15, 0.2) is 11.2 Å². The topological polar surface area (TPSA) is 66.6 Å². The van der Waals surface area contributed by atoms with Crippen molar-refractivity contribution in [2.24, 2.45) is 0 Å². The van der Waals surface area contributed by atoms with Crippen LogP contribution in [0.1, 0.15) is 5.56 Å². The molecule has 100 valence electrons. The number of anilines is 1. The van der Waals surface area contributed by atoms with Gasteiger partial charge in [-0.1, -0.05) is 30.3 Å². The second-order valence-electron chi connectivity index (χ2n) is 4.91. The SMILES string of the molecule is O=c1[nH]c(N2CC2)nc2ncn(Cc3ccccc3)c12. The van der Waals surface area contributed by atoms with Gasteiger partial charge in [0.2, 0.25) is 5.95 Å². The van der Waals surface area contributed by atoms with Gasteiger partial charge in [0.25, 0.3) is 5.56 Å². The number of benzene rings is 1. The molecule has 0 unspecified atom stereocenters. The van der Waals surface area contributed by atoms with Gasteiger partial charge in [-0.3, -0.25) is 9.78 Å². The fourth-order valence-corrected chi connectivity index (χ4v) is 2.29. The molecular formula is C14H13N5O. The number of hydrogen-bond donors (Lipinski definition) is 1. The van der Waals surface area contributed by atoms with Crippen LogP contribution in [0.15, 0.2) is 41.5 Å². The molecule has 1 aliphatic heterocycles. The Hall–Kier alpha value is -2.63. The zero-order valence-electron chi connectivity index (χ0n) is 10.8. The first-order valence-electron chi connectivity index (χ1n) is 6.55. The number of fused-ring (bicyclic) bond motifs is 1. The Labute approximate surface area is 114 Å². The van der Waals surface area contributed by atoms with Crippen LogP contribution >= 0.6 is 0 Å². The highest BCUT2D eigenvalue weighted by molar-refractivity contribution is 5.71. The number of aromatic amines is 1. The van der Waals surface area contributed by atoms with Crippen LogP contribution in [0, 0.1) is 0 Å². The van der Waals surface area contributed by atoms with Gasteiger partial charge in [-0.15, -0.1) is 0 Å². The molecule has 0 aliphatic carbocycles. The maximum absolute atomic E-state index is 12.2. The molecular weight excluding hydrogens is 254 g/mol. The van der Waals surface area contributed by atoms with Crippen LogP contribution in [0.3, 0.4) is 0 Å². The average Bonchev–Trinajstić information content (AvgIpc) is 3.23. The van der Waals surface area contributed by atoms with E-state index in [1.807, 2.05) is 39.8 Å². The Balaban J connectivity index is 1.79. The summed E-state index contributed by atoms with van der Waals surface area (Å²) in [5.74, 6) is 0.618. The zero-order valence-corrected chi connectivity index (χ0v) is 10.8. The number of H-pyrrole nitrogens is 1. The minimum atomic E-state index is -0.134. The Kier molecular flexibility index (Phi) is 2.35. The van der Waals surface area contributed by atoms with Crippen molar-refractivity contribution in [1.82, 2.24) is 19.5 Å². The van der Waals surface area contributed by atoms with E-state index in [1.165, 1.54) is 0 Å². The summed E-state index contributed by atoms with van der Waals surface area (Å²) in [7, 11) is 0. The lowest BCUT2D eigenvalue weighted by atomic mass is 10.2. The molecule has 6 nitrogen and oxygen atoms in total. The molecule has 0 radical (unpaired) electrons. The quantitative estimate of drug-likeness (QED) is 0.719. The van der Waals surface area contributed by atoms with E-state index in [0.717, 1.165) is 18.7 Å². The number of imidazole rings is 1. The smallest absolute Gasteiger partial charge is 0.278 e. The third-order valence-corrected chi connectivity index (χ3v) is 3.41. The normalized spacial score (nSPS) is 13.9. The van der Waals surface area contributed by atoms with Crippen molar-refractivity contribution in [3.05, 3.63) is 52.6 Å². The van der Waals surface area contributed by atoms with Gasteiger partial charge >= 0.3 is 0 Å². The lowest BCUT2D eigenvalue weighted by Crippen LogP contribution is -2.15. The number of rotatable bonds is 3. The number of nitrogens with one attached hydrogen (secondary N) is 1. The van der Waals surface area contributed by atoms with Crippen LogP contribution in [-0.2, 0) is 6.54 Å². The predicted molar refractivity (Wildman–Crippen MR) is 75.9 cm³/mol.